The van der Waals surface area contributed by atoms with Crippen LogP contribution in [0.25, 0.3) is 5.76 Å². The number of morpholine rings is 1. The molecule has 2 fully saturated rings. The number of likely N-dealkylation sites (tertiary alicyclic amines) is 1. The summed E-state index contributed by atoms with van der Waals surface area (Å²) in [7, 11) is 3.06. The number of aliphatic hydroxyl groups excluding tert-OH is 1. The van der Waals surface area contributed by atoms with Gasteiger partial charge in [0.1, 0.15) is 29.6 Å². The Hall–Kier alpha value is -3.82. The van der Waals surface area contributed by atoms with Gasteiger partial charge in [-0.25, -0.2) is 0 Å². The summed E-state index contributed by atoms with van der Waals surface area (Å²) < 4.78 is 22.0. The quantitative estimate of drug-likeness (QED) is 0.226. The first kappa shape index (κ1) is 26.2. The Morgan fingerprint density at radius 1 is 1.05 bits per heavy atom. The predicted molar refractivity (Wildman–Crippen MR) is 138 cm³/mol. The first-order valence-electron chi connectivity index (χ1n) is 12.1. The van der Waals surface area contributed by atoms with E-state index in [1.807, 2.05) is 0 Å². The minimum absolute atomic E-state index is 0.00158. The van der Waals surface area contributed by atoms with Crippen molar-refractivity contribution in [3.05, 3.63) is 71.8 Å². The van der Waals surface area contributed by atoms with Gasteiger partial charge in [0.15, 0.2) is 0 Å². The number of nitrogens with zero attached hydrogens (tertiary/aromatic N) is 2. The highest BCUT2D eigenvalue weighted by molar-refractivity contribution is 6.46. The van der Waals surface area contributed by atoms with Gasteiger partial charge < -0.3 is 29.0 Å². The van der Waals surface area contributed by atoms with E-state index in [1.54, 1.807) is 48.5 Å². The molecule has 1 amide bonds. The van der Waals surface area contributed by atoms with Crippen molar-refractivity contribution in [3.8, 4) is 17.2 Å². The van der Waals surface area contributed by atoms with Crippen LogP contribution in [-0.2, 0) is 14.3 Å². The molecule has 0 aromatic heterocycles. The molecular formula is C28H32N2O7. The number of methoxy groups -OCH3 is 2. The summed E-state index contributed by atoms with van der Waals surface area (Å²) in [6.45, 7) is 7.57. The van der Waals surface area contributed by atoms with Gasteiger partial charge in [0.25, 0.3) is 11.7 Å². The van der Waals surface area contributed by atoms with Crippen LogP contribution in [0.4, 0.5) is 0 Å². The number of ketones is 1. The van der Waals surface area contributed by atoms with Crippen molar-refractivity contribution in [2.24, 2.45) is 0 Å². The van der Waals surface area contributed by atoms with Crippen molar-refractivity contribution in [1.29, 1.82) is 0 Å². The van der Waals surface area contributed by atoms with Gasteiger partial charge in [-0.3, -0.25) is 14.5 Å². The summed E-state index contributed by atoms with van der Waals surface area (Å²) >= 11 is 0. The average molecular weight is 509 g/mol. The Labute approximate surface area is 216 Å². The van der Waals surface area contributed by atoms with E-state index in [4.69, 9.17) is 18.9 Å². The molecule has 2 saturated heterocycles. The molecule has 0 unspecified atom stereocenters. The Morgan fingerprint density at radius 2 is 1.76 bits per heavy atom. The molecule has 9 heteroatoms. The van der Waals surface area contributed by atoms with Crippen LogP contribution in [0.2, 0.25) is 0 Å². The van der Waals surface area contributed by atoms with E-state index < -0.39 is 17.7 Å². The van der Waals surface area contributed by atoms with E-state index in [2.05, 4.69) is 11.5 Å². The number of rotatable bonds is 10. The van der Waals surface area contributed by atoms with Crippen molar-refractivity contribution in [2.45, 2.75) is 6.04 Å². The summed E-state index contributed by atoms with van der Waals surface area (Å²) in [4.78, 5) is 30.4. The van der Waals surface area contributed by atoms with Crippen molar-refractivity contribution in [2.75, 3.05) is 60.2 Å². The molecule has 0 radical (unpaired) electrons. The van der Waals surface area contributed by atoms with E-state index in [0.29, 0.717) is 61.3 Å². The third-order valence-electron chi connectivity index (χ3n) is 6.53. The number of aliphatic hydroxyl groups is 1. The lowest BCUT2D eigenvalue weighted by molar-refractivity contribution is -0.140. The minimum atomic E-state index is -0.859. The SMILES string of the molecule is C=CCOc1ccc(/C(O)=C2\C(=O)C(=O)N(CCN3CCOCC3)[C@@H]2c2cc(OC)ccc2OC)cc1. The molecule has 2 aromatic rings. The van der Waals surface area contributed by atoms with E-state index in [0.717, 1.165) is 13.1 Å². The van der Waals surface area contributed by atoms with E-state index >= 15 is 0 Å². The fourth-order valence-corrected chi connectivity index (χ4v) is 4.58. The van der Waals surface area contributed by atoms with Crippen LogP contribution in [0.5, 0.6) is 17.2 Å². The first-order chi connectivity index (χ1) is 18.0. The fourth-order valence-electron chi connectivity index (χ4n) is 4.58. The molecule has 9 nitrogen and oxygen atoms in total. The number of carbonyl (C=O) groups is 2. The van der Waals surface area contributed by atoms with Gasteiger partial charge >= 0.3 is 0 Å². The number of ether oxygens (including phenoxy) is 4. The summed E-state index contributed by atoms with van der Waals surface area (Å²) in [5.41, 5.74) is 0.942. The summed E-state index contributed by atoms with van der Waals surface area (Å²) in [6.07, 6.45) is 1.63. The Balaban J connectivity index is 1.77. The zero-order valence-corrected chi connectivity index (χ0v) is 21.1. The molecule has 0 saturated carbocycles. The van der Waals surface area contributed by atoms with E-state index in [9.17, 15) is 14.7 Å². The van der Waals surface area contributed by atoms with Gasteiger partial charge in [-0.05, 0) is 42.5 Å². The Morgan fingerprint density at radius 3 is 2.41 bits per heavy atom. The highest BCUT2D eigenvalue weighted by atomic mass is 16.5. The molecule has 0 aliphatic carbocycles. The molecule has 2 aromatic carbocycles. The minimum Gasteiger partial charge on any atom is -0.507 e. The summed E-state index contributed by atoms with van der Waals surface area (Å²) in [5.74, 6) is -0.0795. The van der Waals surface area contributed by atoms with Crippen LogP contribution in [-0.4, -0.2) is 86.8 Å². The van der Waals surface area contributed by atoms with Gasteiger partial charge in [0.05, 0.1) is 39.0 Å². The van der Waals surface area contributed by atoms with Crippen molar-refractivity contribution < 1.29 is 33.6 Å². The Bertz CT molecular complexity index is 1170. The largest absolute Gasteiger partial charge is 0.507 e. The van der Waals surface area contributed by atoms with Gasteiger partial charge in [0, 0.05) is 37.3 Å². The molecule has 1 atom stereocenters. The second kappa shape index (κ2) is 11.9. The number of amides is 1. The van der Waals surface area contributed by atoms with Gasteiger partial charge in [-0.2, -0.15) is 0 Å². The van der Waals surface area contributed by atoms with Crippen LogP contribution < -0.4 is 14.2 Å². The zero-order valence-electron chi connectivity index (χ0n) is 21.1. The number of carbonyl (C=O) groups excluding carboxylic acids is 2. The maximum Gasteiger partial charge on any atom is 0.295 e. The first-order valence-corrected chi connectivity index (χ1v) is 12.1. The Kier molecular flexibility index (Phi) is 8.47. The molecular weight excluding hydrogens is 476 g/mol. The molecule has 196 valence electrons. The number of hydrogen-bond acceptors (Lipinski definition) is 8. The normalized spacial score (nSPS) is 19.6. The summed E-state index contributed by atoms with van der Waals surface area (Å²) in [6, 6.07) is 11.0. The van der Waals surface area contributed by atoms with Gasteiger partial charge in [0.2, 0.25) is 0 Å². The monoisotopic (exact) mass is 508 g/mol. The van der Waals surface area contributed by atoms with Gasteiger partial charge in [-0.15, -0.1) is 0 Å². The lowest BCUT2D eigenvalue weighted by Crippen LogP contribution is -2.42. The van der Waals surface area contributed by atoms with Gasteiger partial charge in [-0.1, -0.05) is 12.7 Å². The second-order valence-corrected chi connectivity index (χ2v) is 8.68. The van der Waals surface area contributed by atoms with Crippen molar-refractivity contribution in [1.82, 2.24) is 9.80 Å². The predicted octanol–water partition coefficient (Wildman–Crippen LogP) is 3.02. The molecule has 2 aliphatic heterocycles. The molecule has 37 heavy (non-hydrogen) atoms. The molecule has 2 heterocycles. The fraction of sp³-hybridized carbons (Fsp3) is 0.357. The van der Waals surface area contributed by atoms with Crippen molar-refractivity contribution >= 4 is 17.4 Å². The van der Waals surface area contributed by atoms with Crippen LogP contribution in [0.3, 0.4) is 0 Å². The molecule has 0 spiro atoms. The zero-order chi connectivity index (χ0) is 26.4. The maximum atomic E-state index is 13.4. The molecule has 2 aliphatic rings. The molecule has 1 N–H and O–H groups in total. The molecule has 4 rings (SSSR count). The lowest BCUT2D eigenvalue weighted by atomic mass is 9.94. The lowest BCUT2D eigenvalue weighted by Gasteiger charge is -2.31. The highest BCUT2D eigenvalue weighted by Crippen LogP contribution is 2.43. The van der Waals surface area contributed by atoms with Crippen LogP contribution in [0, 0.1) is 0 Å². The number of benzene rings is 2. The number of hydrogen-bond donors (Lipinski definition) is 1. The third-order valence-corrected chi connectivity index (χ3v) is 6.53. The van der Waals surface area contributed by atoms with E-state index in [1.165, 1.54) is 19.1 Å². The topological polar surface area (TPSA) is 97.8 Å². The van der Waals surface area contributed by atoms with Crippen LogP contribution >= 0.6 is 0 Å². The molecule has 0 bridgehead atoms. The third kappa shape index (κ3) is 5.63. The second-order valence-electron chi connectivity index (χ2n) is 8.68. The van der Waals surface area contributed by atoms with Crippen LogP contribution in [0.1, 0.15) is 17.2 Å². The summed E-state index contributed by atoms with van der Waals surface area (Å²) in [5, 5.41) is 11.4. The highest BCUT2D eigenvalue weighted by Gasteiger charge is 2.47. The number of Topliss-reactive ketones (excluding diaryl/α,β-unsaturated/α-hetero) is 1. The van der Waals surface area contributed by atoms with Crippen LogP contribution in [0.15, 0.2) is 60.7 Å². The standard InChI is InChI=1S/C28H32N2O7/c1-4-15-37-20-7-5-19(6-8-20)26(31)24-25(22-18-21(34-2)9-10-23(22)35-3)30(28(33)27(24)32)12-11-29-13-16-36-17-14-29/h4-10,18,25,31H,1,11-17H2,2-3H3/b26-24+/t25-/m1/s1. The average Bonchev–Trinajstić information content (AvgIpc) is 3.19. The van der Waals surface area contributed by atoms with E-state index in [-0.39, 0.29) is 11.3 Å². The smallest absolute Gasteiger partial charge is 0.295 e. The maximum absolute atomic E-state index is 13.4. The van der Waals surface area contributed by atoms with Crippen molar-refractivity contribution in [3.63, 3.8) is 0 Å².